The molecule has 21 heteroatoms. The Morgan fingerprint density at radius 3 is 1.94 bits per heavy atom. The molecule has 4 aromatic carbocycles. The Morgan fingerprint density at radius 1 is 0.700 bits per heavy atom. The Morgan fingerprint density at radius 2 is 1.30 bits per heavy atom. The van der Waals surface area contributed by atoms with Crippen LogP contribution in [0.4, 0.5) is 59.7 Å². The van der Waals surface area contributed by atoms with Crippen LogP contribution in [0.2, 0.25) is 0 Å². The third-order valence-electron chi connectivity index (χ3n) is 12.6. The molecule has 3 fully saturated rings. The predicted octanol–water partition coefficient (Wildman–Crippen LogP) is 8.77. The van der Waals surface area contributed by atoms with Gasteiger partial charge in [0.25, 0.3) is 0 Å². The number of anilines is 8. The summed E-state index contributed by atoms with van der Waals surface area (Å²) in [6.45, 7) is 7.21. The van der Waals surface area contributed by atoms with Crippen molar-refractivity contribution in [1.82, 2.24) is 34.8 Å². The molecule has 364 valence electrons. The summed E-state index contributed by atoms with van der Waals surface area (Å²) in [4.78, 5) is 60.7. The maximum atomic E-state index is 13.8. The zero-order valence-electron chi connectivity index (χ0n) is 38.3. The Labute approximate surface area is 410 Å². The Kier molecular flexibility index (Phi) is 14.7. The fourth-order valence-corrected chi connectivity index (χ4v) is 8.90. The first-order chi connectivity index (χ1) is 33.8. The van der Waals surface area contributed by atoms with Crippen LogP contribution in [0.1, 0.15) is 48.8 Å². The number of nitrogens with one attached hydrogen (secondary N) is 4. The van der Waals surface area contributed by atoms with Gasteiger partial charge in [0, 0.05) is 63.6 Å². The van der Waals surface area contributed by atoms with Gasteiger partial charge in [-0.15, -0.1) is 13.2 Å². The zero-order valence-corrected chi connectivity index (χ0v) is 39.8. The zero-order chi connectivity index (χ0) is 48.7. The molecule has 6 aromatic rings. The van der Waals surface area contributed by atoms with Crippen LogP contribution in [0, 0.1) is 12.3 Å². The number of benzene rings is 4. The molecular weight excluding hydrogens is 972 g/mol. The normalized spacial score (nSPS) is 16.1. The van der Waals surface area contributed by atoms with E-state index in [1.165, 1.54) is 24.8 Å². The van der Waals surface area contributed by atoms with E-state index in [9.17, 15) is 22.8 Å². The highest BCUT2D eigenvalue weighted by atomic mass is 79.9. The topological polar surface area (TPSA) is 188 Å². The molecular formula is C49H51BrF3N13O4. The van der Waals surface area contributed by atoms with Crippen LogP contribution in [0.15, 0.2) is 108 Å². The molecule has 0 bridgehead atoms. The highest BCUT2D eigenvalue weighted by molar-refractivity contribution is 9.10. The van der Waals surface area contributed by atoms with E-state index >= 15 is 0 Å². The summed E-state index contributed by atoms with van der Waals surface area (Å²) in [5.74, 6) is 0.980. The Hall–Kier alpha value is -6.97. The molecule has 3 aliphatic rings. The highest BCUT2D eigenvalue weighted by Gasteiger charge is 2.51. The van der Waals surface area contributed by atoms with Crippen molar-refractivity contribution >= 4 is 74.3 Å². The molecule has 0 radical (unpaired) electrons. The number of carbonyl (C=O) groups is 2. The fraction of sp³-hybridized carbons (Fsp3) is 0.347. The lowest BCUT2D eigenvalue weighted by atomic mass is 10.00. The first-order valence-electron chi connectivity index (χ1n) is 23.0. The third kappa shape index (κ3) is 12.4. The van der Waals surface area contributed by atoms with E-state index in [4.69, 9.17) is 4.74 Å². The van der Waals surface area contributed by atoms with Gasteiger partial charge < -0.3 is 40.5 Å². The van der Waals surface area contributed by atoms with Crippen LogP contribution in [0.3, 0.4) is 0 Å². The van der Waals surface area contributed by atoms with Gasteiger partial charge >= 0.3 is 6.36 Å². The number of amides is 2. The van der Waals surface area contributed by atoms with Crippen molar-refractivity contribution < 1.29 is 32.2 Å². The lowest BCUT2D eigenvalue weighted by molar-refractivity contribution is -0.274. The van der Waals surface area contributed by atoms with Crippen molar-refractivity contribution in [2.75, 3.05) is 70.3 Å². The Bertz CT molecular complexity index is 2770. The summed E-state index contributed by atoms with van der Waals surface area (Å²) in [5, 5.41) is 12.6. The minimum absolute atomic E-state index is 0.000507. The van der Waals surface area contributed by atoms with Gasteiger partial charge in [-0.25, -0.2) is 19.9 Å². The second kappa shape index (κ2) is 21.3. The summed E-state index contributed by atoms with van der Waals surface area (Å²) in [6, 6.07) is 27.0. The van der Waals surface area contributed by atoms with Crippen LogP contribution in [0.5, 0.6) is 5.75 Å². The summed E-state index contributed by atoms with van der Waals surface area (Å²) in [7, 11) is 0. The molecule has 70 heavy (non-hydrogen) atoms. The van der Waals surface area contributed by atoms with Crippen LogP contribution >= 0.6 is 15.9 Å². The highest BCUT2D eigenvalue weighted by Crippen LogP contribution is 2.50. The number of hydrogen-bond acceptors (Lipinski definition) is 15. The number of ether oxygens (including phenoxy) is 2. The molecule has 2 aliphatic heterocycles. The SMILES string of the molecule is Cc1c(NC(=O)C2(CC(=O)Nc3cccc(Nc4ncnc(N5CCC(OCc6ccccc6)CC5)n4)c3Br)CC2)cccc1Nc1ncnc(N2CCN(Cc3ccc(OC(F)(F)F)cc3)CC2)n1. The van der Waals surface area contributed by atoms with Gasteiger partial charge in [0.05, 0.1) is 34.0 Å². The van der Waals surface area contributed by atoms with Gasteiger partial charge in [0.1, 0.15) is 18.4 Å². The molecule has 2 amide bonds. The molecule has 0 spiro atoms. The number of aromatic nitrogens is 6. The Balaban J connectivity index is 0.748. The monoisotopic (exact) mass is 1020 g/mol. The molecule has 2 saturated heterocycles. The molecule has 0 unspecified atom stereocenters. The van der Waals surface area contributed by atoms with Crippen LogP contribution in [0.25, 0.3) is 0 Å². The van der Waals surface area contributed by atoms with Gasteiger partial charge in [-0.2, -0.15) is 9.97 Å². The maximum Gasteiger partial charge on any atom is 0.573 e. The molecule has 2 aromatic heterocycles. The second-order valence-corrected chi connectivity index (χ2v) is 18.3. The number of rotatable bonds is 17. The van der Waals surface area contributed by atoms with Crippen molar-refractivity contribution in [2.24, 2.45) is 5.41 Å². The van der Waals surface area contributed by atoms with Crippen molar-refractivity contribution in [3.63, 3.8) is 0 Å². The molecule has 17 nitrogen and oxygen atoms in total. The van der Waals surface area contributed by atoms with Crippen molar-refractivity contribution in [3.05, 3.63) is 125 Å². The smallest absolute Gasteiger partial charge is 0.406 e. The van der Waals surface area contributed by atoms with E-state index in [1.807, 2.05) is 60.4 Å². The number of alkyl halides is 3. The average molecular weight is 1020 g/mol. The molecule has 4 N–H and O–H groups in total. The minimum Gasteiger partial charge on any atom is -0.406 e. The van der Waals surface area contributed by atoms with Crippen molar-refractivity contribution in [1.29, 1.82) is 0 Å². The first kappa shape index (κ1) is 48.1. The van der Waals surface area contributed by atoms with E-state index < -0.39 is 11.8 Å². The van der Waals surface area contributed by atoms with Gasteiger partial charge in [-0.1, -0.05) is 54.6 Å². The van der Waals surface area contributed by atoms with Gasteiger partial charge in [0.15, 0.2) is 0 Å². The number of piperazine rings is 1. The third-order valence-corrected chi connectivity index (χ3v) is 13.4. The first-order valence-corrected chi connectivity index (χ1v) is 23.8. The average Bonchev–Trinajstić information content (AvgIpc) is 4.15. The lowest BCUT2D eigenvalue weighted by Gasteiger charge is -2.34. The standard InChI is InChI=1S/C49H51BrF3N13O4/c1-32-37(9-5-10-38(32)60-44-54-30-57-47(62-44)66-25-23-64(24-26-66)28-33-13-15-36(16-14-33)70-49(51,52)53)59-43(68)48(19-20-48)27-41(67)58-39-11-6-12-40(42(39)50)61-45-55-31-56-46(63-45)65-21-17-35(18-22-65)69-29-34-7-3-2-4-8-34/h2-16,30-31,35H,17-29H2,1H3,(H,58,67)(H,59,68)(H,54,57,60,62)(H,55,56,61,63). The lowest BCUT2D eigenvalue weighted by Crippen LogP contribution is -2.46. The van der Waals surface area contributed by atoms with Crippen LogP contribution in [-0.4, -0.2) is 98.4 Å². The van der Waals surface area contributed by atoms with Gasteiger partial charge in [-0.05, 0) is 102 Å². The summed E-state index contributed by atoms with van der Waals surface area (Å²) >= 11 is 3.65. The maximum absolute atomic E-state index is 13.8. The number of halogens is 4. The van der Waals surface area contributed by atoms with E-state index in [1.54, 1.807) is 18.2 Å². The van der Waals surface area contributed by atoms with Gasteiger partial charge in [-0.3, -0.25) is 14.5 Å². The summed E-state index contributed by atoms with van der Waals surface area (Å²) in [6.07, 6.45) is 1.21. The van der Waals surface area contributed by atoms with E-state index in [0.717, 1.165) is 42.6 Å². The van der Waals surface area contributed by atoms with Crippen LogP contribution in [-0.2, 0) is 27.5 Å². The van der Waals surface area contributed by atoms with Crippen LogP contribution < -0.4 is 35.8 Å². The number of nitrogens with zero attached hydrogens (tertiary/aromatic N) is 9. The number of piperidine rings is 1. The van der Waals surface area contributed by atoms with E-state index in [-0.39, 0.29) is 30.1 Å². The number of hydrogen-bond donors (Lipinski definition) is 4. The summed E-state index contributed by atoms with van der Waals surface area (Å²) < 4.78 is 48.4. The van der Waals surface area contributed by atoms with Gasteiger partial charge in [0.2, 0.25) is 35.6 Å². The van der Waals surface area contributed by atoms with E-state index in [2.05, 4.69) is 93.8 Å². The van der Waals surface area contributed by atoms with E-state index in [0.29, 0.717) is 103 Å². The van der Waals surface area contributed by atoms with Crippen molar-refractivity contribution in [3.8, 4) is 5.75 Å². The number of carbonyl (C=O) groups excluding carboxylic acids is 2. The largest absolute Gasteiger partial charge is 0.573 e. The molecule has 1 saturated carbocycles. The molecule has 0 atom stereocenters. The second-order valence-electron chi connectivity index (χ2n) is 17.5. The minimum atomic E-state index is -4.73. The molecule has 9 rings (SSSR count). The summed E-state index contributed by atoms with van der Waals surface area (Å²) in [5.41, 5.74) is 4.39. The van der Waals surface area contributed by atoms with Crippen molar-refractivity contribution in [2.45, 2.75) is 64.6 Å². The fourth-order valence-electron chi connectivity index (χ4n) is 8.44. The molecule has 4 heterocycles. The quantitative estimate of drug-likeness (QED) is 0.0679. The predicted molar refractivity (Wildman–Crippen MR) is 262 cm³/mol. The molecule has 1 aliphatic carbocycles.